The summed E-state index contributed by atoms with van der Waals surface area (Å²) in [5.41, 5.74) is 1.23. The van der Waals surface area contributed by atoms with E-state index in [4.69, 9.17) is 0 Å². The SMILES string of the molecule is CCC1CC1Nc1nccc(C)c1Br. The average Bonchev–Trinajstić information content (AvgIpc) is 2.92. The first-order valence-corrected chi connectivity index (χ1v) is 5.89. The van der Waals surface area contributed by atoms with Crippen molar-refractivity contribution in [2.75, 3.05) is 5.32 Å². The van der Waals surface area contributed by atoms with Gasteiger partial charge in [0.05, 0.1) is 4.47 Å². The van der Waals surface area contributed by atoms with E-state index in [9.17, 15) is 0 Å². The number of anilines is 1. The van der Waals surface area contributed by atoms with Crippen molar-refractivity contribution in [1.82, 2.24) is 4.98 Å². The smallest absolute Gasteiger partial charge is 0.140 e. The summed E-state index contributed by atoms with van der Waals surface area (Å²) in [4.78, 5) is 4.33. The van der Waals surface area contributed by atoms with E-state index in [2.05, 4.69) is 40.1 Å². The number of nitrogens with zero attached hydrogens (tertiary/aromatic N) is 1. The van der Waals surface area contributed by atoms with Gasteiger partial charge in [-0.25, -0.2) is 4.98 Å². The molecule has 0 bridgehead atoms. The van der Waals surface area contributed by atoms with Crippen LogP contribution >= 0.6 is 15.9 Å². The summed E-state index contributed by atoms with van der Waals surface area (Å²) in [6.45, 7) is 4.33. The van der Waals surface area contributed by atoms with Crippen molar-refractivity contribution in [3.05, 3.63) is 22.3 Å². The third-order valence-electron chi connectivity index (χ3n) is 2.85. The minimum atomic E-state index is 0.644. The maximum absolute atomic E-state index is 4.33. The van der Waals surface area contributed by atoms with Crippen LogP contribution in [0.25, 0.3) is 0 Å². The maximum Gasteiger partial charge on any atom is 0.140 e. The van der Waals surface area contributed by atoms with Gasteiger partial charge in [-0.3, -0.25) is 0 Å². The number of hydrogen-bond acceptors (Lipinski definition) is 2. The molecule has 3 heteroatoms. The molecule has 0 aromatic carbocycles. The fourth-order valence-electron chi connectivity index (χ4n) is 1.69. The van der Waals surface area contributed by atoms with Gasteiger partial charge < -0.3 is 5.32 Å². The Bertz CT molecular complexity index is 338. The lowest BCUT2D eigenvalue weighted by Crippen LogP contribution is -2.06. The zero-order valence-corrected chi connectivity index (χ0v) is 10.1. The van der Waals surface area contributed by atoms with Crippen molar-refractivity contribution in [1.29, 1.82) is 0 Å². The normalized spacial score (nSPS) is 24.8. The standard InChI is InChI=1S/C11H15BrN2/c1-3-8-6-9(8)14-11-10(12)7(2)4-5-13-11/h4-5,8-9H,3,6H2,1-2H3,(H,13,14). The molecular weight excluding hydrogens is 240 g/mol. The summed E-state index contributed by atoms with van der Waals surface area (Å²) in [5, 5.41) is 3.47. The lowest BCUT2D eigenvalue weighted by atomic mass is 10.3. The van der Waals surface area contributed by atoms with E-state index in [1.807, 2.05) is 12.3 Å². The highest BCUT2D eigenvalue weighted by atomic mass is 79.9. The van der Waals surface area contributed by atoms with Gasteiger partial charge in [0.2, 0.25) is 0 Å². The summed E-state index contributed by atoms with van der Waals surface area (Å²) in [5.74, 6) is 1.84. The van der Waals surface area contributed by atoms with E-state index < -0.39 is 0 Å². The summed E-state index contributed by atoms with van der Waals surface area (Å²) in [6.07, 6.45) is 4.41. The first kappa shape index (κ1) is 9.97. The first-order chi connectivity index (χ1) is 6.72. The van der Waals surface area contributed by atoms with Gasteiger partial charge >= 0.3 is 0 Å². The second-order valence-electron chi connectivity index (χ2n) is 3.95. The predicted molar refractivity (Wildman–Crippen MR) is 62.5 cm³/mol. The van der Waals surface area contributed by atoms with Crippen molar-refractivity contribution >= 4 is 21.7 Å². The van der Waals surface area contributed by atoms with Crippen molar-refractivity contribution in [2.45, 2.75) is 32.7 Å². The van der Waals surface area contributed by atoms with Gasteiger partial charge in [-0.2, -0.15) is 0 Å². The van der Waals surface area contributed by atoms with Gasteiger partial charge in [0.25, 0.3) is 0 Å². The van der Waals surface area contributed by atoms with Gasteiger partial charge in [-0.05, 0) is 46.8 Å². The fraction of sp³-hybridized carbons (Fsp3) is 0.545. The van der Waals surface area contributed by atoms with Crippen LogP contribution in [0.5, 0.6) is 0 Å². The lowest BCUT2D eigenvalue weighted by Gasteiger charge is -2.08. The van der Waals surface area contributed by atoms with Gasteiger partial charge in [0, 0.05) is 12.2 Å². The van der Waals surface area contributed by atoms with E-state index >= 15 is 0 Å². The minimum absolute atomic E-state index is 0.644. The Morgan fingerprint density at radius 2 is 2.43 bits per heavy atom. The van der Waals surface area contributed by atoms with Crippen LogP contribution in [0.4, 0.5) is 5.82 Å². The molecule has 2 unspecified atom stereocenters. The van der Waals surface area contributed by atoms with Crippen LogP contribution in [-0.2, 0) is 0 Å². The van der Waals surface area contributed by atoms with E-state index in [1.165, 1.54) is 18.4 Å². The van der Waals surface area contributed by atoms with Crippen LogP contribution in [0.15, 0.2) is 16.7 Å². The molecule has 0 saturated heterocycles. The predicted octanol–water partition coefficient (Wildman–Crippen LogP) is 3.36. The molecule has 2 atom stereocenters. The zero-order chi connectivity index (χ0) is 10.1. The van der Waals surface area contributed by atoms with Gasteiger partial charge in [0.15, 0.2) is 0 Å². The third-order valence-corrected chi connectivity index (χ3v) is 3.85. The molecule has 2 nitrogen and oxygen atoms in total. The molecule has 1 fully saturated rings. The van der Waals surface area contributed by atoms with Crippen LogP contribution in [0, 0.1) is 12.8 Å². The number of hydrogen-bond donors (Lipinski definition) is 1. The fourth-order valence-corrected chi connectivity index (χ4v) is 2.04. The number of aromatic nitrogens is 1. The number of aryl methyl sites for hydroxylation is 1. The molecular formula is C11H15BrN2. The second-order valence-corrected chi connectivity index (χ2v) is 4.74. The molecule has 0 aliphatic heterocycles. The second kappa shape index (κ2) is 3.89. The maximum atomic E-state index is 4.33. The van der Waals surface area contributed by atoms with E-state index in [0.717, 1.165) is 16.2 Å². The van der Waals surface area contributed by atoms with Crippen molar-refractivity contribution < 1.29 is 0 Å². The minimum Gasteiger partial charge on any atom is -0.366 e. The van der Waals surface area contributed by atoms with Crippen molar-refractivity contribution in [3.63, 3.8) is 0 Å². The summed E-state index contributed by atoms with van der Waals surface area (Å²) in [6, 6.07) is 2.66. The molecule has 14 heavy (non-hydrogen) atoms. The quantitative estimate of drug-likeness (QED) is 0.895. The van der Waals surface area contributed by atoms with Gasteiger partial charge in [-0.1, -0.05) is 13.3 Å². The molecule has 0 spiro atoms. The Hall–Kier alpha value is -0.570. The first-order valence-electron chi connectivity index (χ1n) is 5.10. The van der Waals surface area contributed by atoms with Crippen LogP contribution in [0.1, 0.15) is 25.3 Å². The Morgan fingerprint density at radius 1 is 1.64 bits per heavy atom. The Balaban J connectivity index is 2.07. The van der Waals surface area contributed by atoms with E-state index in [-0.39, 0.29) is 0 Å². The molecule has 1 aromatic heterocycles. The van der Waals surface area contributed by atoms with Crippen molar-refractivity contribution in [2.24, 2.45) is 5.92 Å². The number of pyridine rings is 1. The highest BCUT2D eigenvalue weighted by molar-refractivity contribution is 9.10. The molecule has 0 radical (unpaired) electrons. The molecule has 2 rings (SSSR count). The molecule has 1 aliphatic rings. The molecule has 1 heterocycles. The summed E-state index contributed by atoms with van der Waals surface area (Å²) < 4.78 is 1.10. The van der Waals surface area contributed by atoms with Crippen molar-refractivity contribution in [3.8, 4) is 0 Å². The molecule has 0 amide bonds. The van der Waals surface area contributed by atoms with Gasteiger partial charge in [0.1, 0.15) is 5.82 Å². The number of halogens is 1. The Labute approximate surface area is 93.3 Å². The van der Waals surface area contributed by atoms with Crippen LogP contribution in [-0.4, -0.2) is 11.0 Å². The Kier molecular flexibility index (Phi) is 2.77. The molecule has 1 aliphatic carbocycles. The molecule has 1 N–H and O–H groups in total. The highest BCUT2D eigenvalue weighted by Crippen LogP contribution is 2.37. The number of nitrogens with one attached hydrogen (secondary N) is 1. The van der Waals surface area contributed by atoms with Crippen LogP contribution in [0.2, 0.25) is 0 Å². The monoisotopic (exact) mass is 254 g/mol. The lowest BCUT2D eigenvalue weighted by molar-refractivity contribution is 0.773. The Morgan fingerprint density at radius 3 is 3.07 bits per heavy atom. The largest absolute Gasteiger partial charge is 0.366 e. The summed E-state index contributed by atoms with van der Waals surface area (Å²) in [7, 11) is 0. The topological polar surface area (TPSA) is 24.9 Å². The highest BCUT2D eigenvalue weighted by Gasteiger charge is 2.35. The van der Waals surface area contributed by atoms with E-state index in [1.54, 1.807) is 0 Å². The zero-order valence-electron chi connectivity index (χ0n) is 8.55. The molecule has 1 aromatic rings. The van der Waals surface area contributed by atoms with E-state index in [0.29, 0.717) is 6.04 Å². The molecule has 76 valence electrons. The third kappa shape index (κ3) is 1.92. The van der Waals surface area contributed by atoms with Crippen LogP contribution in [0.3, 0.4) is 0 Å². The van der Waals surface area contributed by atoms with Crippen LogP contribution < -0.4 is 5.32 Å². The average molecular weight is 255 g/mol. The molecule has 1 saturated carbocycles. The van der Waals surface area contributed by atoms with Gasteiger partial charge in [-0.15, -0.1) is 0 Å². The summed E-state index contributed by atoms with van der Waals surface area (Å²) >= 11 is 3.55. The number of rotatable bonds is 3.